The number of nitrogens with one attached hydrogen (secondary N) is 2. The van der Waals surface area contributed by atoms with Gasteiger partial charge in [-0.25, -0.2) is 9.59 Å². The number of amides is 2. The van der Waals surface area contributed by atoms with Crippen LogP contribution in [-0.2, 0) is 0 Å². The number of aromatic nitrogens is 2. The number of benzene rings is 2. The maximum absolute atomic E-state index is 12.5. The fraction of sp³-hybridized carbons (Fsp3) is 0.300. The first-order chi connectivity index (χ1) is 14.3. The third-order valence-corrected chi connectivity index (χ3v) is 5.82. The molecule has 1 aromatic heterocycles. The molecule has 0 aliphatic carbocycles. The van der Waals surface area contributed by atoms with Crippen LogP contribution < -0.4 is 11.0 Å². The predicted octanol–water partition coefficient (Wildman–Crippen LogP) is 4.81. The summed E-state index contributed by atoms with van der Waals surface area (Å²) in [6.07, 6.45) is 1.27. The molecule has 1 aliphatic rings. The number of carbonyl (C=O) groups excluding carboxylic acids is 1. The Bertz CT molecular complexity index is 1100. The Hall–Kier alpha value is -2.88. The van der Waals surface area contributed by atoms with Crippen LogP contribution >= 0.6 is 11.8 Å². The fourth-order valence-corrected chi connectivity index (χ4v) is 4.25. The lowest BCUT2D eigenvalue weighted by Crippen LogP contribution is -2.42. The number of rotatable bonds is 3. The Morgan fingerprint density at radius 1 is 1.07 bits per heavy atom. The number of nitrogens with zero attached hydrogens (tertiary/aromatic N) is 2. The number of H-pyrrole nitrogens is 1. The molecule has 2 heterocycles. The van der Waals surface area contributed by atoms with Crippen molar-refractivity contribution in [1.82, 2.24) is 14.5 Å². The van der Waals surface area contributed by atoms with E-state index in [2.05, 4.69) is 10.3 Å². The number of hydrogen-bond acceptors (Lipinski definition) is 3. The summed E-state index contributed by atoms with van der Waals surface area (Å²) in [5.74, 6) is 0. The molecule has 0 saturated carbocycles. The highest BCUT2D eigenvalue weighted by Crippen LogP contribution is 2.37. The summed E-state index contributed by atoms with van der Waals surface area (Å²) in [5.41, 5.74) is -2.43. The maximum Gasteiger partial charge on any atom is 0.446 e. The fourth-order valence-electron chi connectivity index (χ4n) is 3.71. The Morgan fingerprint density at radius 3 is 2.40 bits per heavy atom. The highest BCUT2D eigenvalue weighted by atomic mass is 32.2. The van der Waals surface area contributed by atoms with E-state index in [1.807, 2.05) is 24.3 Å². The van der Waals surface area contributed by atoms with Gasteiger partial charge in [-0.3, -0.25) is 4.57 Å². The van der Waals surface area contributed by atoms with Gasteiger partial charge in [0.05, 0.1) is 11.0 Å². The van der Waals surface area contributed by atoms with Crippen LogP contribution in [0, 0.1) is 0 Å². The number of piperidine rings is 1. The highest BCUT2D eigenvalue weighted by Gasteiger charge is 2.29. The number of thioether (sulfide) groups is 1. The third kappa shape index (κ3) is 4.48. The molecule has 6 nitrogen and oxygen atoms in total. The summed E-state index contributed by atoms with van der Waals surface area (Å²) in [5, 5.41) is 2.71. The summed E-state index contributed by atoms with van der Waals surface area (Å²) >= 11 is -0.196. The second-order valence-electron chi connectivity index (χ2n) is 7.04. The number of fused-ring (bicyclic) bond motifs is 1. The molecule has 2 amide bonds. The van der Waals surface area contributed by atoms with E-state index in [0.29, 0.717) is 31.6 Å². The average molecular weight is 436 g/mol. The van der Waals surface area contributed by atoms with Crippen molar-refractivity contribution in [3.8, 4) is 0 Å². The van der Waals surface area contributed by atoms with E-state index in [0.717, 1.165) is 11.0 Å². The van der Waals surface area contributed by atoms with Crippen LogP contribution in [0.1, 0.15) is 18.9 Å². The van der Waals surface area contributed by atoms with Crippen LogP contribution in [0.5, 0.6) is 0 Å². The van der Waals surface area contributed by atoms with Crippen molar-refractivity contribution >= 4 is 34.5 Å². The Kier molecular flexibility index (Phi) is 5.50. The number of hydrogen-bond donors (Lipinski definition) is 2. The van der Waals surface area contributed by atoms with Crippen LogP contribution in [0.3, 0.4) is 0 Å². The summed E-state index contributed by atoms with van der Waals surface area (Å²) in [7, 11) is 0. The minimum absolute atomic E-state index is 0.00335. The lowest BCUT2D eigenvalue weighted by atomic mass is 10.0. The van der Waals surface area contributed by atoms with Crippen molar-refractivity contribution in [2.75, 3.05) is 18.4 Å². The van der Waals surface area contributed by atoms with Crippen molar-refractivity contribution in [2.24, 2.45) is 0 Å². The molecular formula is C20H19F3N4O2S. The second kappa shape index (κ2) is 8.10. The number of aromatic amines is 1. The standard InChI is InChI=1S/C20H19F3N4O2S/c21-20(22,23)30-15-7-5-13(6-8-15)24-18(28)26-11-9-14(10-12-26)27-17-4-2-1-3-16(17)25-19(27)29/h1-8,14H,9-12H2,(H,24,28)(H,25,29). The zero-order valence-corrected chi connectivity index (χ0v) is 16.6. The molecule has 0 unspecified atom stereocenters. The van der Waals surface area contributed by atoms with E-state index in [4.69, 9.17) is 0 Å². The van der Waals surface area contributed by atoms with Crippen molar-refractivity contribution in [1.29, 1.82) is 0 Å². The molecule has 0 spiro atoms. The smallest absolute Gasteiger partial charge is 0.324 e. The molecule has 3 aromatic rings. The van der Waals surface area contributed by atoms with Crippen molar-refractivity contribution in [3.63, 3.8) is 0 Å². The Labute approximate surface area is 174 Å². The number of halogens is 3. The van der Waals surface area contributed by atoms with Gasteiger partial charge in [0.15, 0.2) is 0 Å². The molecule has 4 rings (SSSR count). The molecule has 0 radical (unpaired) electrons. The average Bonchev–Trinajstić information content (AvgIpc) is 3.04. The topological polar surface area (TPSA) is 70.1 Å². The number of imidazole rings is 1. The first kappa shape index (κ1) is 20.4. The van der Waals surface area contributed by atoms with Gasteiger partial charge in [0.2, 0.25) is 0 Å². The van der Waals surface area contributed by atoms with Crippen LogP contribution in [0.25, 0.3) is 11.0 Å². The first-order valence-electron chi connectivity index (χ1n) is 9.41. The van der Waals surface area contributed by atoms with E-state index in [1.54, 1.807) is 9.47 Å². The summed E-state index contributed by atoms with van der Waals surface area (Å²) in [6, 6.07) is 12.7. The number of carbonyl (C=O) groups is 1. The zero-order chi connectivity index (χ0) is 21.3. The summed E-state index contributed by atoms with van der Waals surface area (Å²) in [6.45, 7) is 0.953. The number of urea groups is 1. The molecule has 1 saturated heterocycles. The molecular weight excluding hydrogens is 417 g/mol. The monoisotopic (exact) mass is 436 g/mol. The number of likely N-dealkylation sites (tertiary alicyclic amines) is 1. The normalized spacial score (nSPS) is 15.5. The molecule has 0 atom stereocenters. The molecule has 2 aromatic carbocycles. The Morgan fingerprint density at radius 2 is 1.73 bits per heavy atom. The van der Waals surface area contributed by atoms with Gasteiger partial charge in [0.1, 0.15) is 0 Å². The minimum atomic E-state index is -4.35. The number of anilines is 1. The SMILES string of the molecule is O=C(Nc1ccc(SC(F)(F)F)cc1)N1CCC(n2c(=O)[nH]c3ccccc32)CC1. The maximum atomic E-state index is 12.5. The molecule has 10 heteroatoms. The van der Waals surface area contributed by atoms with Crippen LogP contribution in [-0.4, -0.2) is 39.1 Å². The summed E-state index contributed by atoms with van der Waals surface area (Å²) < 4.78 is 39.0. The van der Waals surface area contributed by atoms with Crippen molar-refractivity contribution in [2.45, 2.75) is 29.3 Å². The molecule has 0 bridgehead atoms. The van der Waals surface area contributed by atoms with Gasteiger partial charge in [-0.1, -0.05) is 12.1 Å². The summed E-state index contributed by atoms with van der Waals surface area (Å²) in [4.78, 5) is 29.4. The number of alkyl halides is 3. The van der Waals surface area contributed by atoms with E-state index in [9.17, 15) is 22.8 Å². The molecule has 158 valence electrons. The van der Waals surface area contributed by atoms with Crippen LogP contribution in [0.4, 0.5) is 23.7 Å². The van der Waals surface area contributed by atoms with Crippen molar-refractivity contribution < 1.29 is 18.0 Å². The quantitative estimate of drug-likeness (QED) is 0.579. The van der Waals surface area contributed by atoms with Gasteiger partial charge in [0.25, 0.3) is 0 Å². The van der Waals surface area contributed by atoms with Gasteiger partial charge in [-0.15, -0.1) is 0 Å². The lowest BCUT2D eigenvalue weighted by Gasteiger charge is -2.32. The van der Waals surface area contributed by atoms with Crippen molar-refractivity contribution in [3.05, 3.63) is 59.0 Å². The highest BCUT2D eigenvalue weighted by molar-refractivity contribution is 8.00. The first-order valence-corrected chi connectivity index (χ1v) is 10.2. The minimum Gasteiger partial charge on any atom is -0.324 e. The predicted molar refractivity (Wildman–Crippen MR) is 110 cm³/mol. The number of para-hydroxylation sites is 2. The van der Waals surface area contributed by atoms with Gasteiger partial charge in [-0.05, 0) is 61.0 Å². The Balaban J connectivity index is 1.36. The van der Waals surface area contributed by atoms with Crippen LogP contribution in [0.2, 0.25) is 0 Å². The second-order valence-corrected chi connectivity index (χ2v) is 8.18. The van der Waals surface area contributed by atoms with Gasteiger partial charge in [0, 0.05) is 29.7 Å². The molecule has 1 aliphatic heterocycles. The van der Waals surface area contributed by atoms with Gasteiger partial charge < -0.3 is 15.2 Å². The van der Waals surface area contributed by atoms with E-state index >= 15 is 0 Å². The lowest BCUT2D eigenvalue weighted by molar-refractivity contribution is -0.0328. The molecule has 2 N–H and O–H groups in total. The van der Waals surface area contributed by atoms with E-state index < -0.39 is 5.51 Å². The zero-order valence-electron chi connectivity index (χ0n) is 15.8. The van der Waals surface area contributed by atoms with E-state index in [1.165, 1.54) is 24.3 Å². The largest absolute Gasteiger partial charge is 0.446 e. The molecule has 30 heavy (non-hydrogen) atoms. The van der Waals surface area contributed by atoms with Gasteiger partial charge >= 0.3 is 17.2 Å². The third-order valence-electron chi connectivity index (χ3n) is 5.08. The van der Waals surface area contributed by atoms with E-state index in [-0.39, 0.29) is 34.4 Å². The molecule has 1 fully saturated rings. The van der Waals surface area contributed by atoms with Crippen LogP contribution in [0.15, 0.2) is 58.2 Å². The van der Waals surface area contributed by atoms with Gasteiger partial charge in [-0.2, -0.15) is 13.2 Å².